The summed E-state index contributed by atoms with van der Waals surface area (Å²) < 4.78 is 31.5. The Hall–Kier alpha value is -1.21. The molecule has 0 saturated heterocycles. The predicted molar refractivity (Wildman–Crippen MR) is 73.9 cm³/mol. The third-order valence-corrected chi connectivity index (χ3v) is 4.36. The SMILES string of the molecule is NCc1ccc(S(=O)(=O)Nc2cccc(Cl)c2Cl)o1. The third-order valence-electron chi connectivity index (χ3n) is 2.30. The van der Waals surface area contributed by atoms with Crippen LogP contribution in [0.25, 0.3) is 0 Å². The van der Waals surface area contributed by atoms with Crippen LogP contribution in [0.2, 0.25) is 10.0 Å². The fourth-order valence-electron chi connectivity index (χ4n) is 1.39. The number of nitrogens with two attached hydrogens (primary N) is 1. The lowest BCUT2D eigenvalue weighted by Crippen LogP contribution is -2.12. The minimum atomic E-state index is -3.86. The van der Waals surface area contributed by atoms with Gasteiger partial charge in [-0.15, -0.1) is 0 Å². The fourth-order valence-corrected chi connectivity index (χ4v) is 2.82. The van der Waals surface area contributed by atoms with Crippen molar-refractivity contribution in [3.8, 4) is 0 Å². The van der Waals surface area contributed by atoms with Crippen molar-refractivity contribution in [1.29, 1.82) is 0 Å². The van der Waals surface area contributed by atoms with E-state index in [0.29, 0.717) is 5.76 Å². The Morgan fingerprint density at radius 3 is 2.58 bits per heavy atom. The second kappa shape index (κ2) is 5.42. The molecule has 0 radical (unpaired) electrons. The molecular formula is C11H10Cl2N2O3S. The van der Waals surface area contributed by atoms with Crippen molar-refractivity contribution < 1.29 is 12.8 Å². The first kappa shape index (κ1) is 14.2. The number of anilines is 1. The van der Waals surface area contributed by atoms with Crippen molar-refractivity contribution in [3.05, 3.63) is 46.1 Å². The van der Waals surface area contributed by atoms with Crippen LogP contribution in [0.5, 0.6) is 0 Å². The Morgan fingerprint density at radius 1 is 1.21 bits per heavy atom. The van der Waals surface area contributed by atoms with Crippen LogP contribution >= 0.6 is 23.2 Å². The van der Waals surface area contributed by atoms with Gasteiger partial charge in [0.1, 0.15) is 5.76 Å². The molecule has 1 aromatic carbocycles. The molecule has 2 aromatic rings. The minimum Gasteiger partial charge on any atom is -0.446 e. The van der Waals surface area contributed by atoms with E-state index >= 15 is 0 Å². The van der Waals surface area contributed by atoms with Crippen molar-refractivity contribution in [2.45, 2.75) is 11.6 Å². The summed E-state index contributed by atoms with van der Waals surface area (Å²) in [5.41, 5.74) is 5.54. The average molecular weight is 321 g/mol. The van der Waals surface area contributed by atoms with Gasteiger partial charge in [0.2, 0.25) is 5.09 Å². The highest BCUT2D eigenvalue weighted by atomic mass is 35.5. The lowest BCUT2D eigenvalue weighted by atomic mass is 10.3. The van der Waals surface area contributed by atoms with Crippen molar-refractivity contribution in [3.63, 3.8) is 0 Å². The highest BCUT2D eigenvalue weighted by Crippen LogP contribution is 2.31. The zero-order valence-corrected chi connectivity index (χ0v) is 11.9. The molecule has 0 aliphatic heterocycles. The van der Waals surface area contributed by atoms with Gasteiger partial charge in [-0.25, -0.2) is 0 Å². The maximum atomic E-state index is 12.0. The van der Waals surface area contributed by atoms with Crippen LogP contribution in [-0.2, 0) is 16.6 Å². The van der Waals surface area contributed by atoms with E-state index in [2.05, 4.69) is 4.72 Å². The molecule has 3 N–H and O–H groups in total. The smallest absolute Gasteiger partial charge is 0.295 e. The van der Waals surface area contributed by atoms with E-state index in [0.717, 1.165) is 0 Å². The van der Waals surface area contributed by atoms with E-state index in [-0.39, 0.29) is 27.4 Å². The fraction of sp³-hybridized carbons (Fsp3) is 0.0909. The van der Waals surface area contributed by atoms with E-state index < -0.39 is 10.0 Å². The van der Waals surface area contributed by atoms with Gasteiger partial charge in [-0.3, -0.25) is 4.72 Å². The van der Waals surface area contributed by atoms with Crippen LogP contribution in [0.4, 0.5) is 5.69 Å². The summed E-state index contributed by atoms with van der Waals surface area (Å²) in [5, 5.41) is 0.145. The number of rotatable bonds is 4. The highest BCUT2D eigenvalue weighted by molar-refractivity contribution is 7.92. The summed E-state index contributed by atoms with van der Waals surface area (Å²) in [4.78, 5) is 0. The number of hydrogen-bond donors (Lipinski definition) is 2. The Balaban J connectivity index is 2.33. The molecule has 0 spiro atoms. The first-order chi connectivity index (χ1) is 8.94. The summed E-state index contributed by atoms with van der Waals surface area (Å²) in [6, 6.07) is 7.45. The number of benzene rings is 1. The summed E-state index contributed by atoms with van der Waals surface area (Å²) in [6.07, 6.45) is 0. The molecule has 1 aromatic heterocycles. The molecule has 0 bridgehead atoms. The van der Waals surface area contributed by atoms with E-state index in [4.69, 9.17) is 33.4 Å². The van der Waals surface area contributed by atoms with Gasteiger partial charge in [-0.1, -0.05) is 29.3 Å². The lowest BCUT2D eigenvalue weighted by Gasteiger charge is -2.08. The second-order valence-corrected chi connectivity index (χ2v) is 6.03. The molecule has 102 valence electrons. The molecule has 8 heteroatoms. The summed E-state index contributed by atoms with van der Waals surface area (Å²) >= 11 is 11.7. The van der Waals surface area contributed by atoms with Gasteiger partial charge >= 0.3 is 0 Å². The normalized spacial score (nSPS) is 11.5. The highest BCUT2D eigenvalue weighted by Gasteiger charge is 2.20. The van der Waals surface area contributed by atoms with E-state index in [1.54, 1.807) is 12.1 Å². The Morgan fingerprint density at radius 2 is 1.95 bits per heavy atom. The Bertz CT molecular complexity index is 698. The second-order valence-electron chi connectivity index (χ2n) is 3.63. The number of hydrogen-bond acceptors (Lipinski definition) is 4. The Kier molecular flexibility index (Phi) is 4.05. The monoisotopic (exact) mass is 320 g/mol. The molecule has 0 aliphatic rings. The van der Waals surface area contributed by atoms with E-state index in [1.165, 1.54) is 18.2 Å². The van der Waals surface area contributed by atoms with Crippen LogP contribution in [0.15, 0.2) is 39.8 Å². The van der Waals surface area contributed by atoms with Crippen LogP contribution in [0, 0.1) is 0 Å². The van der Waals surface area contributed by atoms with Crippen molar-refractivity contribution in [2.75, 3.05) is 4.72 Å². The van der Waals surface area contributed by atoms with Crippen molar-refractivity contribution in [2.24, 2.45) is 5.73 Å². The van der Waals surface area contributed by atoms with Gasteiger partial charge in [-0.2, -0.15) is 8.42 Å². The topological polar surface area (TPSA) is 85.3 Å². The van der Waals surface area contributed by atoms with Gasteiger partial charge < -0.3 is 10.2 Å². The third kappa shape index (κ3) is 3.03. The molecule has 0 fully saturated rings. The first-order valence-corrected chi connectivity index (χ1v) is 7.43. The molecule has 2 rings (SSSR count). The van der Waals surface area contributed by atoms with Crippen LogP contribution in [0.1, 0.15) is 5.76 Å². The van der Waals surface area contributed by atoms with Gasteiger partial charge in [0.25, 0.3) is 10.0 Å². The van der Waals surface area contributed by atoms with Gasteiger partial charge in [0, 0.05) is 0 Å². The van der Waals surface area contributed by atoms with Gasteiger partial charge in [0.15, 0.2) is 0 Å². The number of sulfonamides is 1. The van der Waals surface area contributed by atoms with Crippen molar-refractivity contribution >= 4 is 38.9 Å². The molecule has 0 atom stereocenters. The zero-order chi connectivity index (χ0) is 14.0. The van der Waals surface area contributed by atoms with Gasteiger partial charge in [0.05, 0.1) is 22.3 Å². The average Bonchev–Trinajstić information content (AvgIpc) is 2.84. The number of furan rings is 1. The molecule has 0 unspecified atom stereocenters. The van der Waals surface area contributed by atoms with Crippen LogP contribution in [-0.4, -0.2) is 8.42 Å². The van der Waals surface area contributed by atoms with Crippen molar-refractivity contribution in [1.82, 2.24) is 0 Å². The lowest BCUT2D eigenvalue weighted by molar-refractivity contribution is 0.417. The maximum absolute atomic E-state index is 12.0. The zero-order valence-electron chi connectivity index (χ0n) is 9.56. The summed E-state index contributed by atoms with van der Waals surface area (Å²) in [6.45, 7) is 0.118. The van der Waals surface area contributed by atoms with Crippen LogP contribution < -0.4 is 10.5 Å². The standard InChI is InChI=1S/C11H10Cl2N2O3S/c12-8-2-1-3-9(11(8)13)15-19(16,17)10-5-4-7(6-14)18-10/h1-5,15H,6,14H2. The number of nitrogens with one attached hydrogen (secondary N) is 1. The van der Waals surface area contributed by atoms with Crippen LogP contribution in [0.3, 0.4) is 0 Å². The molecule has 0 saturated carbocycles. The maximum Gasteiger partial charge on any atom is 0.295 e. The summed E-state index contributed by atoms with van der Waals surface area (Å²) in [5.74, 6) is 0.373. The molecular weight excluding hydrogens is 311 g/mol. The molecule has 1 heterocycles. The minimum absolute atomic E-state index is 0.118. The first-order valence-electron chi connectivity index (χ1n) is 5.19. The quantitative estimate of drug-likeness (QED) is 0.907. The van der Waals surface area contributed by atoms with Gasteiger partial charge in [-0.05, 0) is 24.3 Å². The van der Waals surface area contributed by atoms with E-state index in [9.17, 15) is 8.42 Å². The molecule has 0 aliphatic carbocycles. The summed E-state index contributed by atoms with van der Waals surface area (Å²) in [7, 11) is -3.86. The largest absolute Gasteiger partial charge is 0.446 e. The molecule has 19 heavy (non-hydrogen) atoms. The number of halogens is 2. The van der Waals surface area contributed by atoms with E-state index in [1.807, 2.05) is 0 Å². The molecule has 5 nitrogen and oxygen atoms in total. The predicted octanol–water partition coefficient (Wildman–Crippen LogP) is 2.85. The molecule has 0 amide bonds. The Labute approximate surface area is 120 Å².